The van der Waals surface area contributed by atoms with Crippen molar-refractivity contribution in [2.45, 2.75) is 58.0 Å². The zero-order valence-electron chi connectivity index (χ0n) is 18.0. The Bertz CT molecular complexity index is 799. The molecule has 6 nitrogen and oxygen atoms in total. The number of ether oxygens (including phenoxy) is 1. The fourth-order valence-electron chi connectivity index (χ4n) is 4.94. The lowest BCUT2D eigenvalue weighted by Gasteiger charge is -2.35. The number of nitrogens with zero attached hydrogens (tertiary/aromatic N) is 2. The Balaban J connectivity index is 1.87. The van der Waals surface area contributed by atoms with Gasteiger partial charge in [-0.05, 0) is 50.3 Å². The molecule has 7 heteroatoms. The standard InChI is InChI=1S/C23H31ClN2O4/c1-4-25(14-15(2)23(29)30-3)22(28)20-13-16-8-5-6-11-19(16)26(20)21(27)17-9-7-10-18(24)12-17/h7,9-10,12,15-16,19-20H,4-6,8,11,13-14H2,1-3H3. The molecule has 0 spiro atoms. The molecule has 164 valence electrons. The van der Waals surface area contributed by atoms with Gasteiger partial charge in [0.2, 0.25) is 5.91 Å². The molecule has 2 amide bonds. The number of carbonyl (C=O) groups is 3. The third-order valence-corrected chi connectivity index (χ3v) is 6.71. The normalized spacial score (nSPS) is 24.1. The van der Waals surface area contributed by atoms with Gasteiger partial charge in [-0.2, -0.15) is 0 Å². The topological polar surface area (TPSA) is 66.9 Å². The number of halogens is 1. The second-order valence-corrected chi connectivity index (χ2v) is 8.82. The van der Waals surface area contributed by atoms with Crippen molar-refractivity contribution in [2.24, 2.45) is 11.8 Å². The van der Waals surface area contributed by atoms with Crippen molar-refractivity contribution >= 4 is 29.4 Å². The third kappa shape index (κ3) is 4.64. The number of likely N-dealkylation sites (N-methyl/N-ethyl adjacent to an activating group) is 1. The monoisotopic (exact) mass is 434 g/mol. The van der Waals surface area contributed by atoms with E-state index in [2.05, 4.69) is 0 Å². The summed E-state index contributed by atoms with van der Waals surface area (Å²) in [6, 6.07) is 6.49. The molecular weight excluding hydrogens is 404 g/mol. The number of amides is 2. The van der Waals surface area contributed by atoms with Gasteiger partial charge in [-0.1, -0.05) is 37.4 Å². The van der Waals surface area contributed by atoms with Crippen molar-refractivity contribution in [2.75, 3.05) is 20.2 Å². The molecule has 3 rings (SSSR count). The molecule has 1 heterocycles. The maximum atomic E-state index is 13.5. The maximum Gasteiger partial charge on any atom is 0.310 e. The van der Waals surface area contributed by atoms with E-state index in [0.717, 1.165) is 25.7 Å². The van der Waals surface area contributed by atoms with E-state index in [1.807, 2.05) is 11.8 Å². The number of carbonyl (C=O) groups excluding carboxylic acids is 3. The van der Waals surface area contributed by atoms with Gasteiger partial charge in [0.25, 0.3) is 5.91 Å². The summed E-state index contributed by atoms with van der Waals surface area (Å²) < 4.78 is 4.81. The van der Waals surface area contributed by atoms with Gasteiger partial charge in [-0.3, -0.25) is 14.4 Å². The molecule has 1 aliphatic carbocycles. The molecule has 1 saturated carbocycles. The van der Waals surface area contributed by atoms with Crippen molar-refractivity contribution in [3.8, 4) is 0 Å². The van der Waals surface area contributed by atoms with Crippen LogP contribution in [0.2, 0.25) is 5.02 Å². The Morgan fingerprint density at radius 2 is 2.00 bits per heavy atom. The first-order chi connectivity index (χ1) is 14.4. The van der Waals surface area contributed by atoms with Crippen molar-refractivity contribution in [1.29, 1.82) is 0 Å². The number of fused-ring (bicyclic) bond motifs is 1. The Labute approximate surface area is 183 Å². The van der Waals surface area contributed by atoms with E-state index in [0.29, 0.717) is 29.5 Å². The van der Waals surface area contributed by atoms with Crippen LogP contribution in [0.1, 0.15) is 56.3 Å². The average molecular weight is 435 g/mol. The van der Waals surface area contributed by atoms with E-state index in [1.54, 1.807) is 36.1 Å². The van der Waals surface area contributed by atoms with Gasteiger partial charge in [-0.15, -0.1) is 0 Å². The van der Waals surface area contributed by atoms with E-state index in [4.69, 9.17) is 16.3 Å². The summed E-state index contributed by atoms with van der Waals surface area (Å²) in [7, 11) is 1.35. The van der Waals surface area contributed by atoms with Crippen LogP contribution in [-0.2, 0) is 14.3 Å². The van der Waals surface area contributed by atoms with E-state index in [9.17, 15) is 14.4 Å². The number of benzene rings is 1. The SMILES string of the molecule is CCN(CC(C)C(=O)OC)C(=O)C1CC2CCCCC2N1C(=O)c1cccc(Cl)c1. The fourth-order valence-corrected chi connectivity index (χ4v) is 5.13. The summed E-state index contributed by atoms with van der Waals surface area (Å²) in [5.41, 5.74) is 0.512. The number of methoxy groups -OCH3 is 1. The molecule has 2 fully saturated rings. The van der Waals surface area contributed by atoms with Gasteiger partial charge in [0.05, 0.1) is 13.0 Å². The fraction of sp³-hybridized carbons (Fsp3) is 0.609. The molecule has 1 aromatic rings. The van der Waals surface area contributed by atoms with Gasteiger partial charge in [-0.25, -0.2) is 0 Å². The van der Waals surface area contributed by atoms with Crippen LogP contribution in [0.5, 0.6) is 0 Å². The summed E-state index contributed by atoms with van der Waals surface area (Å²) in [5.74, 6) is -0.638. The summed E-state index contributed by atoms with van der Waals surface area (Å²) in [5, 5.41) is 0.505. The number of rotatable bonds is 6. The van der Waals surface area contributed by atoms with Gasteiger partial charge >= 0.3 is 5.97 Å². The molecule has 2 aliphatic rings. The molecule has 0 aromatic heterocycles. The Morgan fingerprint density at radius 1 is 1.27 bits per heavy atom. The van der Waals surface area contributed by atoms with E-state index < -0.39 is 12.0 Å². The number of hydrogen-bond acceptors (Lipinski definition) is 4. The second-order valence-electron chi connectivity index (χ2n) is 8.39. The largest absolute Gasteiger partial charge is 0.469 e. The number of hydrogen-bond donors (Lipinski definition) is 0. The van der Waals surface area contributed by atoms with Crippen LogP contribution in [0.3, 0.4) is 0 Å². The lowest BCUT2D eigenvalue weighted by atomic mass is 9.84. The lowest BCUT2D eigenvalue weighted by Crippen LogP contribution is -2.51. The van der Waals surface area contributed by atoms with Crippen molar-refractivity contribution < 1.29 is 19.1 Å². The smallest absolute Gasteiger partial charge is 0.310 e. The first kappa shape index (κ1) is 22.6. The highest BCUT2D eigenvalue weighted by molar-refractivity contribution is 6.31. The predicted octanol–water partition coefficient (Wildman–Crippen LogP) is 3.77. The second kappa shape index (κ2) is 9.82. The van der Waals surface area contributed by atoms with Crippen LogP contribution >= 0.6 is 11.6 Å². The van der Waals surface area contributed by atoms with Crippen molar-refractivity contribution in [3.05, 3.63) is 34.9 Å². The lowest BCUT2D eigenvalue weighted by molar-refractivity contribution is -0.147. The molecule has 1 saturated heterocycles. The maximum absolute atomic E-state index is 13.5. The predicted molar refractivity (Wildman–Crippen MR) is 115 cm³/mol. The third-order valence-electron chi connectivity index (χ3n) is 6.47. The average Bonchev–Trinajstić information content (AvgIpc) is 3.15. The van der Waals surface area contributed by atoms with E-state index >= 15 is 0 Å². The van der Waals surface area contributed by atoms with Crippen LogP contribution in [0.25, 0.3) is 0 Å². The zero-order valence-corrected chi connectivity index (χ0v) is 18.7. The molecule has 4 atom stereocenters. The first-order valence-electron chi connectivity index (χ1n) is 10.8. The van der Waals surface area contributed by atoms with Gasteiger partial charge in [0.1, 0.15) is 6.04 Å². The zero-order chi connectivity index (χ0) is 21.8. The number of esters is 1. The van der Waals surface area contributed by atoms with Crippen LogP contribution in [0.4, 0.5) is 0 Å². The van der Waals surface area contributed by atoms with Crippen molar-refractivity contribution in [3.63, 3.8) is 0 Å². The Kier molecular flexibility index (Phi) is 7.40. The Morgan fingerprint density at radius 3 is 2.67 bits per heavy atom. The summed E-state index contributed by atoms with van der Waals surface area (Å²) in [6.45, 7) is 4.41. The van der Waals surface area contributed by atoms with Crippen LogP contribution in [-0.4, -0.2) is 59.9 Å². The van der Waals surface area contributed by atoms with Gasteiger partial charge in [0, 0.05) is 29.7 Å². The molecule has 0 bridgehead atoms. The highest BCUT2D eigenvalue weighted by atomic mass is 35.5. The van der Waals surface area contributed by atoms with Gasteiger partial charge in [0.15, 0.2) is 0 Å². The van der Waals surface area contributed by atoms with Crippen LogP contribution < -0.4 is 0 Å². The first-order valence-corrected chi connectivity index (χ1v) is 11.2. The molecule has 0 N–H and O–H groups in total. The number of likely N-dealkylation sites (tertiary alicyclic amines) is 1. The van der Waals surface area contributed by atoms with Crippen LogP contribution in [0.15, 0.2) is 24.3 Å². The minimum Gasteiger partial charge on any atom is -0.469 e. The highest BCUT2D eigenvalue weighted by Gasteiger charge is 2.48. The molecule has 1 aromatic carbocycles. The van der Waals surface area contributed by atoms with E-state index in [1.165, 1.54) is 7.11 Å². The van der Waals surface area contributed by atoms with E-state index in [-0.39, 0.29) is 30.4 Å². The quantitative estimate of drug-likeness (QED) is 0.639. The van der Waals surface area contributed by atoms with Crippen LogP contribution in [0, 0.1) is 11.8 Å². The van der Waals surface area contributed by atoms with Crippen molar-refractivity contribution in [1.82, 2.24) is 9.80 Å². The summed E-state index contributed by atoms with van der Waals surface area (Å²) in [4.78, 5) is 42.4. The summed E-state index contributed by atoms with van der Waals surface area (Å²) in [6.07, 6.45) is 4.85. The molecule has 0 radical (unpaired) electrons. The Hall–Kier alpha value is -2.08. The molecule has 4 unspecified atom stereocenters. The molecule has 1 aliphatic heterocycles. The minimum atomic E-state index is -0.505. The molecule has 30 heavy (non-hydrogen) atoms. The summed E-state index contributed by atoms with van der Waals surface area (Å²) >= 11 is 6.12. The minimum absolute atomic E-state index is 0.0796. The van der Waals surface area contributed by atoms with Gasteiger partial charge < -0.3 is 14.5 Å². The highest BCUT2D eigenvalue weighted by Crippen LogP contribution is 2.41. The molecular formula is C23H31ClN2O4.